The SMILES string of the molecule is CN1C(C=O)=CN=C2C=CC=CC21. The summed E-state index contributed by atoms with van der Waals surface area (Å²) in [5.74, 6) is 0. The van der Waals surface area contributed by atoms with Gasteiger partial charge in [-0.3, -0.25) is 9.79 Å². The van der Waals surface area contributed by atoms with Gasteiger partial charge in [-0.2, -0.15) is 0 Å². The summed E-state index contributed by atoms with van der Waals surface area (Å²) in [5, 5.41) is 0. The summed E-state index contributed by atoms with van der Waals surface area (Å²) in [7, 11) is 1.89. The van der Waals surface area contributed by atoms with Crippen LogP contribution < -0.4 is 0 Å². The number of fused-ring (bicyclic) bond motifs is 1. The van der Waals surface area contributed by atoms with E-state index in [-0.39, 0.29) is 6.04 Å². The van der Waals surface area contributed by atoms with E-state index in [0.29, 0.717) is 5.70 Å². The molecule has 0 amide bonds. The first-order valence-electron chi connectivity index (χ1n) is 4.13. The molecule has 0 spiro atoms. The molecule has 3 nitrogen and oxygen atoms in total. The molecule has 0 N–H and O–H groups in total. The summed E-state index contributed by atoms with van der Waals surface area (Å²) in [6.45, 7) is 0. The van der Waals surface area contributed by atoms with Gasteiger partial charge in [-0.15, -0.1) is 0 Å². The standard InChI is InChI=1S/C10H10N2O/c1-12-8(7-13)6-11-9-4-2-3-5-10(9)12/h2-7,10H,1H3. The number of carbonyl (C=O) groups excluding carboxylic acids is 1. The molecule has 0 aromatic rings. The molecule has 2 rings (SSSR count). The van der Waals surface area contributed by atoms with Crippen molar-refractivity contribution in [1.29, 1.82) is 0 Å². The van der Waals surface area contributed by atoms with Crippen molar-refractivity contribution in [3.8, 4) is 0 Å². The van der Waals surface area contributed by atoms with E-state index in [9.17, 15) is 4.79 Å². The maximum absolute atomic E-state index is 10.6. The Hall–Kier alpha value is -1.64. The highest BCUT2D eigenvalue weighted by Gasteiger charge is 2.22. The number of carbonyl (C=O) groups is 1. The van der Waals surface area contributed by atoms with Gasteiger partial charge in [0.1, 0.15) is 0 Å². The summed E-state index contributed by atoms with van der Waals surface area (Å²) in [6.07, 6.45) is 10.3. The molecule has 0 fully saturated rings. The zero-order valence-electron chi connectivity index (χ0n) is 7.34. The molecular formula is C10H10N2O. The molecule has 1 heterocycles. The number of aliphatic imine (C=N–C) groups is 1. The summed E-state index contributed by atoms with van der Waals surface area (Å²) < 4.78 is 0. The van der Waals surface area contributed by atoms with Crippen LogP contribution in [0.2, 0.25) is 0 Å². The molecule has 1 aliphatic heterocycles. The first-order chi connectivity index (χ1) is 6.33. The number of hydrogen-bond donors (Lipinski definition) is 0. The van der Waals surface area contributed by atoms with Crippen molar-refractivity contribution < 1.29 is 4.79 Å². The molecule has 1 atom stereocenters. The zero-order valence-corrected chi connectivity index (χ0v) is 7.34. The van der Waals surface area contributed by atoms with Crippen LogP contribution in [0.15, 0.2) is 41.2 Å². The van der Waals surface area contributed by atoms with E-state index >= 15 is 0 Å². The van der Waals surface area contributed by atoms with E-state index in [1.807, 2.05) is 36.3 Å². The van der Waals surface area contributed by atoms with Crippen LogP contribution in [0, 0.1) is 0 Å². The second-order valence-electron chi connectivity index (χ2n) is 3.03. The summed E-state index contributed by atoms with van der Waals surface area (Å²) in [5.41, 5.74) is 1.60. The highest BCUT2D eigenvalue weighted by Crippen LogP contribution is 2.17. The Labute approximate surface area is 76.8 Å². The average molecular weight is 174 g/mol. The Morgan fingerprint density at radius 2 is 2.38 bits per heavy atom. The fourth-order valence-electron chi connectivity index (χ4n) is 1.47. The molecule has 1 unspecified atom stereocenters. The second-order valence-corrected chi connectivity index (χ2v) is 3.03. The fraction of sp³-hybridized carbons (Fsp3) is 0.200. The van der Waals surface area contributed by atoms with Gasteiger partial charge < -0.3 is 4.90 Å². The van der Waals surface area contributed by atoms with Gasteiger partial charge in [0, 0.05) is 7.05 Å². The van der Waals surface area contributed by atoms with Crippen molar-refractivity contribution in [3.05, 3.63) is 36.2 Å². The van der Waals surface area contributed by atoms with E-state index in [0.717, 1.165) is 12.0 Å². The lowest BCUT2D eigenvalue weighted by molar-refractivity contribution is -0.106. The van der Waals surface area contributed by atoms with Crippen LogP contribution in [0.1, 0.15) is 0 Å². The molecule has 0 aromatic carbocycles. The third-order valence-corrected chi connectivity index (χ3v) is 2.27. The maximum Gasteiger partial charge on any atom is 0.167 e. The number of aldehydes is 1. The minimum atomic E-state index is 0.121. The highest BCUT2D eigenvalue weighted by atomic mass is 16.1. The molecule has 0 aromatic heterocycles. The van der Waals surface area contributed by atoms with Crippen molar-refractivity contribution in [1.82, 2.24) is 4.90 Å². The lowest BCUT2D eigenvalue weighted by atomic mass is 10.0. The van der Waals surface area contributed by atoms with Crippen molar-refractivity contribution >= 4 is 12.0 Å². The van der Waals surface area contributed by atoms with E-state index in [4.69, 9.17) is 0 Å². The number of allylic oxidation sites excluding steroid dienone is 3. The highest BCUT2D eigenvalue weighted by molar-refractivity contribution is 6.03. The normalized spacial score (nSPS) is 25.0. The van der Waals surface area contributed by atoms with Crippen molar-refractivity contribution in [2.24, 2.45) is 4.99 Å². The Balaban J connectivity index is 2.39. The van der Waals surface area contributed by atoms with E-state index in [1.165, 1.54) is 0 Å². The van der Waals surface area contributed by atoms with Gasteiger partial charge in [0.05, 0.1) is 23.7 Å². The number of nitrogens with zero attached hydrogens (tertiary/aromatic N) is 2. The van der Waals surface area contributed by atoms with E-state index in [2.05, 4.69) is 4.99 Å². The van der Waals surface area contributed by atoms with E-state index in [1.54, 1.807) is 6.20 Å². The third-order valence-electron chi connectivity index (χ3n) is 2.27. The van der Waals surface area contributed by atoms with Gasteiger partial charge in [-0.1, -0.05) is 18.2 Å². The largest absolute Gasteiger partial charge is 0.359 e. The zero-order chi connectivity index (χ0) is 9.26. The predicted octanol–water partition coefficient (Wildman–Crippen LogP) is 0.908. The first kappa shape index (κ1) is 7.98. The Bertz CT molecular complexity index is 350. The Kier molecular flexibility index (Phi) is 1.85. The summed E-state index contributed by atoms with van der Waals surface area (Å²) in [6, 6.07) is 0.121. The number of hydrogen-bond acceptors (Lipinski definition) is 3. The topological polar surface area (TPSA) is 32.7 Å². The monoisotopic (exact) mass is 174 g/mol. The third kappa shape index (κ3) is 1.22. The molecule has 13 heavy (non-hydrogen) atoms. The lowest BCUT2D eigenvalue weighted by Gasteiger charge is -2.31. The molecule has 66 valence electrons. The van der Waals surface area contributed by atoms with Gasteiger partial charge in [0.15, 0.2) is 6.29 Å². The van der Waals surface area contributed by atoms with Gasteiger partial charge >= 0.3 is 0 Å². The molecule has 1 aliphatic carbocycles. The summed E-state index contributed by atoms with van der Waals surface area (Å²) >= 11 is 0. The van der Waals surface area contributed by atoms with Gasteiger partial charge in [-0.05, 0) is 6.08 Å². The van der Waals surface area contributed by atoms with Crippen LogP contribution in [-0.4, -0.2) is 30.0 Å². The molecular weight excluding hydrogens is 164 g/mol. The number of rotatable bonds is 1. The fourth-order valence-corrected chi connectivity index (χ4v) is 1.47. The minimum Gasteiger partial charge on any atom is -0.359 e. The van der Waals surface area contributed by atoms with Gasteiger partial charge in [0.2, 0.25) is 0 Å². The van der Waals surface area contributed by atoms with Crippen LogP contribution in [0.25, 0.3) is 0 Å². The van der Waals surface area contributed by atoms with Gasteiger partial charge in [-0.25, -0.2) is 0 Å². The molecule has 0 saturated carbocycles. The van der Waals surface area contributed by atoms with Crippen LogP contribution in [0.5, 0.6) is 0 Å². The Morgan fingerprint density at radius 1 is 1.54 bits per heavy atom. The lowest BCUT2D eigenvalue weighted by Crippen LogP contribution is -2.38. The van der Waals surface area contributed by atoms with Crippen LogP contribution >= 0.6 is 0 Å². The molecule has 2 aliphatic rings. The summed E-state index contributed by atoms with van der Waals surface area (Å²) in [4.78, 5) is 16.7. The van der Waals surface area contributed by atoms with Crippen LogP contribution in [0.4, 0.5) is 0 Å². The van der Waals surface area contributed by atoms with Gasteiger partial charge in [0.25, 0.3) is 0 Å². The average Bonchev–Trinajstić information content (AvgIpc) is 2.19. The molecule has 0 saturated heterocycles. The van der Waals surface area contributed by atoms with E-state index < -0.39 is 0 Å². The Morgan fingerprint density at radius 3 is 3.15 bits per heavy atom. The molecule has 0 radical (unpaired) electrons. The van der Waals surface area contributed by atoms with Crippen LogP contribution in [0.3, 0.4) is 0 Å². The quantitative estimate of drug-likeness (QED) is 0.553. The maximum atomic E-state index is 10.6. The van der Waals surface area contributed by atoms with Crippen molar-refractivity contribution in [2.45, 2.75) is 6.04 Å². The molecule has 3 heteroatoms. The molecule has 0 bridgehead atoms. The smallest absolute Gasteiger partial charge is 0.167 e. The number of likely N-dealkylation sites (N-methyl/N-ethyl adjacent to an activating group) is 1. The predicted molar refractivity (Wildman–Crippen MR) is 51.4 cm³/mol. The minimum absolute atomic E-state index is 0.121. The first-order valence-corrected chi connectivity index (χ1v) is 4.13. The van der Waals surface area contributed by atoms with Crippen molar-refractivity contribution in [2.75, 3.05) is 7.05 Å². The second kappa shape index (κ2) is 3.01. The van der Waals surface area contributed by atoms with Crippen molar-refractivity contribution in [3.63, 3.8) is 0 Å². The van der Waals surface area contributed by atoms with Crippen LogP contribution in [-0.2, 0) is 4.79 Å².